The Hall–Kier alpha value is -4.24. The molecule has 3 aromatic rings. The molecule has 0 unspecified atom stereocenters. The molecule has 1 aromatic heterocycles. The first-order chi connectivity index (χ1) is 22.1. The number of aromatic nitrogens is 2. The van der Waals surface area contributed by atoms with E-state index in [2.05, 4.69) is 47.5 Å². The maximum Gasteiger partial charge on any atom is 0.421 e. The van der Waals surface area contributed by atoms with Crippen LogP contribution in [0.25, 0.3) is 0 Å². The number of benzene rings is 2. The highest BCUT2D eigenvalue weighted by Gasteiger charge is 2.36. The van der Waals surface area contributed by atoms with E-state index in [1.165, 1.54) is 18.2 Å². The van der Waals surface area contributed by atoms with Crippen LogP contribution in [0, 0.1) is 0 Å². The Labute approximate surface area is 262 Å². The van der Waals surface area contributed by atoms with Gasteiger partial charge in [0.05, 0.1) is 16.9 Å². The third-order valence-electron chi connectivity index (χ3n) is 8.79. The van der Waals surface area contributed by atoms with Gasteiger partial charge in [-0.2, -0.15) is 26.9 Å². The molecular weight excluding hydrogens is 611 g/mol. The number of rotatable bonds is 9. The van der Waals surface area contributed by atoms with Crippen molar-refractivity contribution >= 4 is 34.7 Å². The van der Waals surface area contributed by atoms with E-state index in [9.17, 15) is 26.7 Å². The summed E-state index contributed by atoms with van der Waals surface area (Å²) in [6.07, 6.45) is -2.34. The number of ether oxygens (including phenoxy) is 1. The van der Waals surface area contributed by atoms with Gasteiger partial charge in [-0.3, -0.25) is 9.69 Å². The van der Waals surface area contributed by atoms with Gasteiger partial charge in [-0.15, -0.1) is 0 Å². The van der Waals surface area contributed by atoms with E-state index in [1.54, 1.807) is 18.2 Å². The van der Waals surface area contributed by atoms with E-state index in [0.29, 0.717) is 23.5 Å². The van der Waals surface area contributed by atoms with Gasteiger partial charge in [0.1, 0.15) is 11.4 Å². The number of likely N-dealkylation sites (N-methyl/N-ethyl adjacent to an activating group) is 1. The maximum absolute atomic E-state index is 13.9. The summed E-state index contributed by atoms with van der Waals surface area (Å²) in [6.45, 7) is 6.04. The lowest BCUT2D eigenvalue weighted by Crippen LogP contribution is -2.53. The Morgan fingerprint density at radius 3 is 2.48 bits per heavy atom. The number of nitrogens with one attached hydrogen (secondary N) is 3. The molecule has 3 aliphatic rings. The van der Waals surface area contributed by atoms with Crippen LogP contribution >= 0.6 is 0 Å². The van der Waals surface area contributed by atoms with Crippen LogP contribution in [0.3, 0.4) is 0 Å². The van der Waals surface area contributed by atoms with Crippen molar-refractivity contribution in [1.82, 2.24) is 25.1 Å². The number of alkyl halides is 5. The molecule has 2 saturated heterocycles. The number of fused-ring (bicyclic) bond motifs is 1. The van der Waals surface area contributed by atoms with Crippen molar-refractivity contribution in [3.05, 3.63) is 59.3 Å². The molecule has 3 aliphatic heterocycles. The van der Waals surface area contributed by atoms with E-state index < -0.39 is 30.1 Å². The van der Waals surface area contributed by atoms with Gasteiger partial charge in [0, 0.05) is 69.8 Å². The summed E-state index contributed by atoms with van der Waals surface area (Å²) in [5.41, 5.74) is 0.574. The third-order valence-corrected chi connectivity index (χ3v) is 8.79. The number of carbonyl (C=O) groups is 1. The Kier molecular flexibility index (Phi) is 9.13. The first kappa shape index (κ1) is 31.7. The number of hydrogen-bond donors (Lipinski definition) is 3. The molecule has 0 saturated carbocycles. The Bertz CT molecular complexity index is 1560. The molecule has 2 aromatic carbocycles. The number of piperazine rings is 1. The third kappa shape index (κ3) is 6.94. The van der Waals surface area contributed by atoms with E-state index in [-0.39, 0.29) is 35.2 Å². The van der Waals surface area contributed by atoms with Gasteiger partial charge >= 0.3 is 12.8 Å². The second kappa shape index (κ2) is 13.2. The minimum absolute atomic E-state index is 0.0541. The van der Waals surface area contributed by atoms with E-state index in [4.69, 9.17) is 4.74 Å². The number of halogens is 5. The SMILES string of the molecule is CCN1CCN(C2CCN(c3ccc(Nc4ncc(C(F)(F)F)c(Nc5cccc6c5C(=O)NC6)n4)c(OC(F)F)c3)CC2)CC1. The fourth-order valence-electron chi connectivity index (χ4n) is 6.31. The summed E-state index contributed by atoms with van der Waals surface area (Å²) in [6, 6.07) is 10.0. The molecular formula is C31H35F5N8O2. The quantitative estimate of drug-likeness (QED) is 0.263. The average molecular weight is 647 g/mol. The minimum Gasteiger partial charge on any atom is -0.433 e. The zero-order valence-electron chi connectivity index (χ0n) is 25.2. The summed E-state index contributed by atoms with van der Waals surface area (Å²) >= 11 is 0. The summed E-state index contributed by atoms with van der Waals surface area (Å²) in [4.78, 5) is 27.3. The molecule has 46 heavy (non-hydrogen) atoms. The van der Waals surface area contributed by atoms with Crippen molar-refractivity contribution in [3.63, 3.8) is 0 Å². The van der Waals surface area contributed by atoms with Gasteiger partial charge in [-0.05, 0) is 43.1 Å². The highest BCUT2D eigenvalue weighted by atomic mass is 19.4. The molecule has 2 fully saturated rings. The van der Waals surface area contributed by atoms with Gasteiger partial charge in [0.2, 0.25) is 5.95 Å². The second-order valence-electron chi connectivity index (χ2n) is 11.5. The van der Waals surface area contributed by atoms with Crippen LogP contribution in [-0.4, -0.2) is 84.1 Å². The number of nitrogens with zero attached hydrogens (tertiary/aromatic N) is 5. The van der Waals surface area contributed by atoms with Gasteiger partial charge < -0.3 is 30.5 Å². The van der Waals surface area contributed by atoms with Crippen molar-refractivity contribution < 1.29 is 31.5 Å². The Morgan fingerprint density at radius 1 is 1.02 bits per heavy atom. The monoisotopic (exact) mass is 646 g/mol. The van der Waals surface area contributed by atoms with E-state index in [0.717, 1.165) is 58.7 Å². The fourth-order valence-corrected chi connectivity index (χ4v) is 6.31. The first-order valence-electron chi connectivity index (χ1n) is 15.3. The summed E-state index contributed by atoms with van der Waals surface area (Å²) in [5, 5.41) is 8.01. The molecule has 0 bridgehead atoms. The zero-order valence-corrected chi connectivity index (χ0v) is 25.2. The molecule has 4 heterocycles. The summed E-state index contributed by atoms with van der Waals surface area (Å²) in [7, 11) is 0. The molecule has 6 rings (SSSR count). The predicted octanol–water partition coefficient (Wildman–Crippen LogP) is 5.43. The van der Waals surface area contributed by atoms with Crippen LogP contribution in [0.5, 0.6) is 5.75 Å². The normalized spacial score (nSPS) is 18.1. The van der Waals surface area contributed by atoms with Crippen LogP contribution in [0.2, 0.25) is 0 Å². The predicted molar refractivity (Wildman–Crippen MR) is 163 cm³/mol. The van der Waals surface area contributed by atoms with Gasteiger partial charge in [0.15, 0.2) is 5.75 Å². The molecule has 15 heteroatoms. The Morgan fingerprint density at radius 2 is 1.78 bits per heavy atom. The molecule has 246 valence electrons. The molecule has 0 aliphatic carbocycles. The number of hydrogen-bond acceptors (Lipinski definition) is 9. The lowest BCUT2D eigenvalue weighted by atomic mass is 10.0. The molecule has 0 atom stereocenters. The largest absolute Gasteiger partial charge is 0.433 e. The van der Waals surface area contributed by atoms with Crippen molar-refractivity contribution in [2.45, 2.75) is 45.1 Å². The molecule has 1 amide bonds. The van der Waals surface area contributed by atoms with E-state index >= 15 is 0 Å². The maximum atomic E-state index is 13.9. The Balaban J connectivity index is 1.20. The molecule has 3 N–H and O–H groups in total. The lowest BCUT2D eigenvalue weighted by molar-refractivity contribution is -0.137. The molecule has 10 nitrogen and oxygen atoms in total. The average Bonchev–Trinajstić information content (AvgIpc) is 3.43. The van der Waals surface area contributed by atoms with Crippen molar-refractivity contribution in [2.75, 3.05) is 61.3 Å². The highest BCUT2D eigenvalue weighted by Crippen LogP contribution is 2.38. The number of piperidine rings is 1. The van der Waals surface area contributed by atoms with Crippen LogP contribution in [0.4, 0.5) is 50.8 Å². The number of anilines is 5. The van der Waals surface area contributed by atoms with E-state index in [1.807, 2.05) is 0 Å². The van der Waals surface area contributed by atoms with Crippen molar-refractivity contribution in [2.24, 2.45) is 0 Å². The summed E-state index contributed by atoms with van der Waals surface area (Å²) < 4.78 is 73.5. The smallest absolute Gasteiger partial charge is 0.421 e. The topological polar surface area (TPSA) is 97.9 Å². The lowest BCUT2D eigenvalue weighted by Gasteiger charge is -2.43. The van der Waals surface area contributed by atoms with Gasteiger partial charge in [-0.25, -0.2) is 4.98 Å². The van der Waals surface area contributed by atoms with Crippen LogP contribution in [0.15, 0.2) is 42.6 Å². The standard InChI is InChI=1S/C31H35F5N8O2/c1-2-42-12-14-44(15-13-42)20-8-10-43(11-9-20)21-6-7-23(25(16-21)46-29(32)33)40-30-38-18-22(31(34,35)36)27(41-30)39-24-5-3-4-19-17-37-28(45)26(19)24/h3-7,16,18,20,29H,2,8-15,17H2,1H3,(H,37,45)(H2,38,39,40,41). The highest BCUT2D eigenvalue weighted by molar-refractivity contribution is 6.04. The van der Waals surface area contributed by atoms with Crippen molar-refractivity contribution in [3.8, 4) is 5.75 Å². The van der Waals surface area contributed by atoms with Crippen LogP contribution in [-0.2, 0) is 12.7 Å². The number of amides is 1. The first-order valence-corrected chi connectivity index (χ1v) is 15.3. The zero-order chi connectivity index (χ0) is 32.4. The van der Waals surface area contributed by atoms with Gasteiger partial charge in [0.25, 0.3) is 5.91 Å². The fraction of sp³-hybridized carbons (Fsp3) is 0.452. The molecule has 0 radical (unpaired) electrons. The van der Waals surface area contributed by atoms with Crippen LogP contribution < -0.4 is 25.6 Å². The summed E-state index contributed by atoms with van der Waals surface area (Å²) in [5.74, 6) is -1.51. The second-order valence-corrected chi connectivity index (χ2v) is 11.5. The van der Waals surface area contributed by atoms with Gasteiger partial charge in [-0.1, -0.05) is 19.1 Å². The minimum atomic E-state index is -4.82. The van der Waals surface area contributed by atoms with Crippen LogP contribution in [0.1, 0.15) is 41.3 Å². The van der Waals surface area contributed by atoms with Crippen molar-refractivity contribution in [1.29, 1.82) is 0 Å². The number of carbonyl (C=O) groups excluding carboxylic acids is 1. The molecule has 0 spiro atoms.